The van der Waals surface area contributed by atoms with E-state index in [2.05, 4.69) is 21.9 Å². The minimum Gasteiger partial charge on any atom is -0.467 e. The quantitative estimate of drug-likeness (QED) is 0.582. The number of rotatable bonds is 2. The van der Waals surface area contributed by atoms with Gasteiger partial charge in [0.15, 0.2) is 0 Å². The van der Waals surface area contributed by atoms with E-state index >= 15 is 0 Å². The van der Waals surface area contributed by atoms with Gasteiger partial charge in [-0.25, -0.2) is 9.18 Å². The van der Waals surface area contributed by atoms with Gasteiger partial charge in [0.05, 0.1) is 7.11 Å². The summed E-state index contributed by atoms with van der Waals surface area (Å²) >= 11 is 0. The van der Waals surface area contributed by atoms with Crippen molar-refractivity contribution in [2.24, 2.45) is 0 Å². The van der Waals surface area contributed by atoms with Gasteiger partial charge in [-0.3, -0.25) is 0 Å². The summed E-state index contributed by atoms with van der Waals surface area (Å²) in [5, 5.41) is 0.565. The van der Waals surface area contributed by atoms with Crippen molar-refractivity contribution in [1.82, 2.24) is 19.8 Å². The molecule has 0 spiro atoms. The lowest BCUT2D eigenvalue weighted by molar-refractivity contribution is 0.0240. The van der Waals surface area contributed by atoms with Crippen molar-refractivity contribution < 1.29 is 18.7 Å². The zero-order chi connectivity index (χ0) is 27.0. The molecule has 2 aromatic rings. The second-order valence-electron chi connectivity index (χ2n) is 9.82. The summed E-state index contributed by atoms with van der Waals surface area (Å²) in [5.74, 6) is -0.0166. The van der Waals surface area contributed by atoms with E-state index < -0.39 is 11.4 Å². The number of carbonyl (C=O) groups is 1. The Labute approximate surface area is 216 Å². The second-order valence-corrected chi connectivity index (χ2v) is 9.82. The molecule has 198 valence electrons. The standard InChI is InChI=1S/C19H24BFN4O3.C5H11N.C2H6/c1-11-10-12-15(14(21)13(11)20)22-17(27-5)23-16(12)24-6-8-25(9-7-24)18(26)28-19(2,3)4;1-6-4-2-3-5-6;1-2/h10H,6-9H2,1-5H3;2-5H2,1H3;1-2H3. The van der Waals surface area contributed by atoms with Gasteiger partial charge in [0, 0.05) is 31.6 Å². The summed E-state index contributed by atoms with van der Waals surface area (Å²) in [5.41, 5.74) is 0.264. The minimum absolute atomic E-state index is 0.0638. The monoisotopic (exact) mass is 501 g/mol. The molecule has 2 radical (unpaired) electrons. The van der Waals surface area contributed by atoms with Crippen molar-refractivity contribution in [3.8, 4) is 6.01 Å². The number of nitrogens with zero attached hydrogens (tertiary/aromatic N) is 5. The number of hydrogen-bond donors (Lipinski definition) is 0. The van der Waals surface area contributed by atoms with Crippen LogP contribution in [-0.4, -0.2) is 92.7 Å². The van der Waals surface area contributed by atoms with Crippen LogP contribution in [0.3, 0.4) is 0 Å². The summed E-state index contributed by atoms with van der Waals surface area (Å²) < 4.78 is 25.3. The lowest BCUT2D eigenvalue weighted by atomic mass is 9.89. The topological polar surface area (TPSA) is 71.0 Å². The fourth-order valence-corrected chi connectivity index (χ4v) is 3.97. The molecule has 0 atom stereocenters. The Kier molecular flexibility index (Phi) is 10.8. The van der Waals surface area contributed by atoms with E-state index in [1.54, 1.807) is 17.9 Å². The van der Waals surface area contributed by atoms with Gasteiger partial charge in [-0.05, 0) is 66.7 Å². The predicted molar refractivity (Wildman–Crippen MR) is 144 cm³/mol. The van der Waals surface area contributed by atoms with Crippen LogP contribution in [0.1, 0.15) is 53.0 Å². The van der Waals surface area contributed by atoms with E-state index in [-0.39, 0.29) is 23.1 Å². The molecule has 2 fully saturated rings. The van der Waals surface area contributed by atoms with Gasteiger partial charge < -0.3 is 24.2 Å². The van der Waals surface area contributed by atoms with Crippen LogP contribution in [0, 0.1) is 12.7 Å². The molecule has 2 aliphatic rings. The van der Waals surface area contributed by atoms with Crippen LogP contribution in [0.4, 0.5) is 15.0 Å². The summed E-state index contributed by atoms with van der Waals surface area (Å²) in [6, 6.07) is 1.85. The molecule has 1 amide bonds. The largest absolute Gasteiger partial charge is 0.467 e. The van der Waals surface area contributed by atoms with Crippen molar-refractivity contribution in [2.45, 2.75) is 60.0 Å². The molecule has 0 unspecified atom stereocenters. The number of aryl methyl sites for hydroxylation is 1. The summed E-state index contributed by atoms with van der Waals surface area (Å²) in [6.07, 6.45) is 2.49. The number of ether oxygens (including phenoxy) is 2. The van der Waals surface area contributed by atoms with Gasteiger partial charge in [-0.1, -0.05) is 24.9 Å². The number of anilines is 1. The molecule has 3 heterocycles. The molecule has 1 aromatic carbocycles. The Morgan fingerprint density at radius 1 is 1.06 bits per heavy atom. The highest BCUT2D eigenvalue weighted by molar-refractivity contribution is 6.34. The molecule has 0 bridgehead atoms. The third-order valence-corrected chi connectivity index (χ3v) is 5.88. The Morgan fingerprint density at radius 3 is 2.11 bits per heavy atom. The molecule has 2 saturated heterocycles. The average Bonchev–Trinajstić information content (AvgIpc) is 3.34. The maximum Gasteiger partial charge on any atom is 0.410 e. The van der Waals surface area contributed by atoms with Crippen LogP contribution in [-0.2, 0) is 4.74 Å². The first-order valence-electron chi connectivity index (χ1n) is 12.7. The first kappa shape index (κ1) is 29.6. The first-order chi connectivity index (χ1) is 17.0. The maximum absolute atomic E-state index is 14.7. The molecule has 10 heteroatoms. The maximum atomic E-state index is 14.7. The lowest BCUT2D eigenvalue weighted by Gasteiger charge is -2.36. The number of benzene rings is 1. The van der Waals surface area contributed by atoms with Gasteiger partial charge in [-0.2, -0.15) is 9.97 Å². The zero-order valence-corrected chi connectivity index (χ0v) is 23.2. The summed E-state index contributed by atoms with van der Waals surface area (Å²) in [6.45, 7) is 15.9. The average molecular weight is 501 g/mol. The molecule has 1 aromatic heterocycles. The fourth-order valence-electron chi connectivity index (χ4n) is 3.97. The highest BCUT2D eigenvalue weighted by atomic mass is 19.1. The summed E-state index contributed by atoms with van der Waals surface area (Å²) in [4.78, 5) is 26.9. The highest BCUT2D eigenvalue weighted by Crippen LogP contribution is 2.29. The van der Waals surface area contributed by atoms with Crippen molar-refractivity contribution >= 4 is 36.1 Å². The van der Waals surface area contributed by atoms with Crippen LogP contribution in [0.5, 0.6) is 6.01 Å². The molecule has 0 aliphatic carbocycles. The molecule has 2 aliphatic heterocycles. The molecule has 36 heavy (non-hydrogen) atoms. The van der Waals surface area contributed by atoms with Crippen LogP contribution >= 0.6 is 0 Å². The van der Waals surface area contributed by atoms with Crippen molar-refractivity contribution in [3.63, 3.8) is 0 Å². The lowest BCUT2D eigenvalue weighted by Crippen LogP contribution is -2.50. The first-order valence-corrected chi connectivity index (χ1v) is 12.7. The van der Waals surface area contributed by atoms with Crippen LogP contribution in [0.15, 0.2) is 6.07 Å². The predicted octanol–water partition coefficient (Wildman–Crippen LogP) is 3.68. The van der Waals surface area contributed by atoms with Gasteiger partial charge in [0.2, 0.25) is 0 Å². The number of halogens is 1. The van der Waals surface area contributed by atoms with E-state index in [4.69, 9.17) is 17.3 Å². The third kappa shape index (κ3) is 7.69. The third-order valence-electron chi connectivity index (χ3n) is 5.88. The van der Waals surface area contributed by atoms with E-state index in [1.165, 1.54) is 33.0 Å². The Bertz CT molecular complexity index is 1020. The highest BCUT2D eigenvalue weighted by Gasteiger charge is 2.28. The van der Waals surface area contributed by atoms with Crippen LogP contribution in [0.2, 0.25) is 0 Å². The zero-order valence-electron chi connectivity index (χ0n) is 23.2. The summed E-state index contributed by atoms with van der Waals surface area (Å²) in [7, 11) is 9.43. The van der Waals surface area contributed by atoms with E-state index in [0.29, 0.717) is 42.9 Å². The van der Waals surface area contributed by atoms with Gasteiger partial charge >= 0.3 is 12.1 Å². The number of methoxy groups -OCH3 is 1. The van der Waals surface area contributed by atoms with E-state index in [1.807, 2.05) is 39.5 Å². The van der Waals surface area contributed by atoms with Gasteiger partial charge in [-0.15, -0.1) is 0 Å². The van der Waals surface area contributed by atoms with E-state index in [0.717, 1.165) is 0 Å². The minimum atomic E-state index is -0.579. The Hall–Kier alpha value is -2.62. The number of amides is 1. The Balaban J connectivity index is 0.000000491. The van der Waals surface area contributed by atoms with Gasteiger partial charge in [0.25, 0.3) is 0 Å². The Morgan fingerprint density at radius 2 is 1.64 bits per heavy atom. The normalized spacial score (nSPS) is 16.1. The number of piperazine rings is 1. The number of likely N-dealkylation sites (tertiary alicyclic amines) is 1. The molecule has 0 saturated carbocycles. The molecule has 4 rings (SSSR count). The molecular formula is C26H41BFN5O3. The number of hydrogen-bond acceptors (Lipinski definition) is 7. The second kappa shape index (κ2) is 13.1. The SMILES string of the molecule is CC.CN1CCCC1.[B]c1c(C)cc2c(N3CCN(C(=O)OC(C)(C)C)CC3)nc(OC)nc2c1F. The van der Waals surface area contributed by atoms with Gasteiger partial charge in [0.1, 0.15) is 30.6 Å². The number of carbonyl (C=O) groups excluding carboxylic acids is 1. The molecule has 0 N–H and O–H groups in total. The smallest absolute Gasteiger partial charge is 0.410 e. The molecular weight excluding hydrogens is 460 g/mol. The van der Waals surface area contributed by atoms with Crippen molar-refractivity contribution in [1.29, 1.82) is 0 Å². The van der Waals surface area contributed by atoms with E-state index in [9.17, 15) is 9.18 Å². The van der Waals surface area contributed by atoms with Crippen molar-refractivity contribution in [3.05, 3.63) is 17.4 Å². The van der Waals surface area contributed by atoms with Crippen LogP contribution in [0.25, 0.3) is 10.9 Å². The number of aromatic nitrogens is 2. The fraction of sp³-hybridized carbons (Fsp3) is 0.654. The van der Waals surface area contributed by atoms with Crippen molar-refractivity contribution in [2.75, 3.05) is 58.3 Å². The van der Waals surface area contributed by atoms with Crippen LogP contribution < -0.4 is 15.1 Å². The number of fused-ring (bicyclic) bond motifs is 1. The molecule has 8 nitrogen and oxygen atoms in total.